The molecule has 0 unspecified atom stereocenters. The summed E-state index contributed by atoms with van der Waals surface area (Å²) >= 11 is 0. The van der Waals surface area contributed by atoms with E-state index in [1.54, 1.807) is 24.8 Å². The van der Waals surface area contributed by atoms with Crippen molar-refractivity contribution in [1.29, 1.82) is 0 Å². The molecule has 0 fully saturated rings. The Kier molecular flexibility index (Phi) is 4.95. The van der Waals surface area contributed by atoms with Crippen LogP contribution in [0.15, 0.2) is 61.4 Å². The van der Waals surface area contributed by atoms with E-state index in [4.69, 9.17) is 0 Å². The maximum atomic E-state index is 11.4. The van der Waals surface area contributed by atoms with Crippen molar-refractivity contribution >= 4 is 15.9 Å². The monoisotopic (exact) mass is 280 g/mol. The number of hydrogen-bond donors (Lipinski definition) is 0. The number of carbonyl (C=O) groups excluding carboxylic acids is 1. The fraction of sp³-hybridized carbons (Fsp3) is 0. The minimum absolute atomic E-state index is 0.190. The number of sulfone groups is 1. The summed E-state index contributed by atoms with van der Waals surface area (Å²) in [5, 5.41) is 1.69. The number of carbonyl (C=O) groups is 1. The second-order valence-electron chi connectivity index (χ2n) is 3.14. The van der Waals surface area contributed by atoms with Gasteiger partial charge < -0.3 is 0 Å². The van der Waals surface area contributed by atoms with Gasteiger partial charge in [-0.15, -0.1) is 0 Å². The maximum Gasteiger partial charge on any atom is 0.338 e. The normalized spacial score (nSPS) is 10.1. The van der Waals surface area contributed by atoms with Crippen LogP contribution in [-0.2, 0) is 9.84 Å². The van der Waals surface area contributed by atoms with E-state index in [-0.39, 0.29) is 6.03 Å². The van der Waals surface area contributed by atoms with E-state index >= 15 is 0 Å². The summed E-state index contributed by atoms with van der Waals surface area (Å²) in [4.78, 5) is 18.9. The van der Waals surface area contributed by atoms with Gasteiger partial charge in [0.25, 0.3) is 0 Å². The Bertz CT molecular complexity index is 592. The van der Waals surface area contributed by atoms with Crippen molar-refractivity contribution in [2.24, 2.45) is 0 Å². The van der Waals surface area contributed by atoms with Crippen LogP contribution in [0.2, 0.25) is 0 Å². The van der Waals surface area contributed by atoms with E-state index in [0.717, 1.165) is 10.8 Å². The molecule has 0 aliphatic heterocycles. The molecule has 0 N–H and O–H groups in total. The summed E-state index contributed by atoms with van der Waals surface area (Å²) < 4.78 is 23.0. The van der Waals surface area contributed by atoms with Crippen molar-refractivity contribution in [2.75, 3.05) is 0 Å². The molecule has 7 nitrogen and oxygen atoms in total. The molecule has 19 heavy (non-hydrogen) atoms. The fourth-order valence-electron chi connectivity index (χ4n) is 0.946. The number of imidazole rings is 2. The average Bonchev–Trinajstić information content (AvgIpc) is 3.11. The third-order valence-corrected chi connectivity index (χ3v) is 2.84. The van der Waals surface area contributed by atoms with Crippen molar-refractivity contribution in [3.63, 3.8) is 0 Å². The predicted octanol–water partition coefficient (Wildman–Crippen LogP) is 1.28. The van der Waals surface area contributed by atoms with E-state index < -0.39 is 9.84 Å². The highest BCUT2D eigenvalue weighted by Crippen LogP contribution is 1.92. The molecule has 0 bridgehead atoms. The summed E-state index contributed by atoms with van der Waals surface area (Å²) in [6.45, 7) is 6.09. The zero-order valence-corrected chi connectivity index (χ0v) is 10.8. The van der Waals surface area contributed by atoms with Crippen molar-refractivity contribution < 1.29 is 13.2 Å². The van der Waals surface area contributed by atoms with Gasteiger partial charge in [-0.1, -0.05) is 13.2 Å². The van der Waals surface area contributed by atoms with Gasteiger partial charge in [-0.05, 0) is 0 Å². The number of nitrogens with zero attached hydrogens (tertiary/aromatic N) is 4. The molecule has 0 saturated carbocycles. The van der Waals surface area contributed by atoms with Gasteiger partial charge in [0.15, 0.2) is 9.84 Å². The Balaban J connectivity index is 0.000000224. The van der Waals surface area contributed by atoms with Crippen LogP contribution in [0.1, 0.15) is 0 Å². The van der Waals surface area contributed by atoms with Gasteiger partial charge in [-0.3, -0.25) is 9.13 Å². The smallest absolute Gasteiger partial charge is 0.257 e. The quantitative estimate of drug-likeness (QED) is 0.827. The topological polar surface area (TPSA) is 86.9 Å². The van der Waals surface area contributed by atoms with Crippen molar-refractivity contribution in [1.82, 2.24) is 19.1 Å². The standard InChI is InChI=1S/C7H6N4O.C4H6O2S/c12-7(10-3-1-8-5-10)11-4-2-9-6-11;1-3-7(5,6)4-2/h1-6H;3-4H,1-2H2. The number of hydrogen-bond acceptors (Lipinski definition) is 5. The van der Waals surface area contributed by atoms with Gasteiger partial charge in [0.05, 0.1) is 0 Å². The Hall–Kier alpha value is -2.48. The molecule has 0 amide bonds. The molecule has 0 saturated heterocycles. The van der Waals surface area contributed by atoms with E-state index in [1.807, 2.05) is 0 Å². The zero-order chi connectivity index (χ0) is 14.3. The van der Waals surface area contributed by atoms with Crippen molar-refractivity contribution in [2.45, 2.75) is 0 Å². The minimum Gasteiger partial charge on any atom is -0.257 e. The van der Waals surface area contributed by atoms with E-state index in [2.05, 4.69) is 23.1 Å². The summed E-state index contributed by atoms with van der Waals surface area (Å²) in [5.41, 5.74) is 0. The van der Waals surface area contributed by atoms with Gasteiger partial charge in [0.1, 0.15) is 12.7 Å². The van der Waals surface area contributed by atoms with Crippen LogP contribution < -0.4 is 0 Å². The highest BCUT2D eigenvalue weighted by Gasteiger charge is 2.03. The average molecular weight is 280 g/mol. The first-order valence-electron chi connectivity index (χ1n) is 5.00. The minimum atomic E-state index is -3.13. The number of rotatable bonds is 2. The number of aromatic nitrogens is 4. The lowest BCUT2D eigenvalue weighted by molar-refractivity contribution is 0.244. The molecule has 0 aromatic carbocycles. The van der Waals surface area contributed by atoms with Gasteiger partial charge in [0.2, 0.25) is 0 Å². The van der Waals surface area contributed by atoms with E-state index in [0.29, 0.717) is 0 Å². The Morgan fingerprint density at radius 2 is 1.42 bits per heavy atom. The fourth-order valence-corrected chi connectivity index (χ4v) is 1.08. The highest BCUT2D eigenvalue weighted by molar-refractivity contribution is 7.97. The molecule has 2 rings (SSSR count). The summed E-state index contributed by atoms with van der Waals surface area (Å²) in [7, 11) is -3.13. The first kappa shape index (κ1) is 14.6. The van der Waals surface area contributed by atoms with Crippen LogP contribution in [0.4, 0.5) is 4.79 Å². The van der Waals surface area contributed by atoms with Gasteiger partial charge in [-0.2, -0.15) is 0 Å². The highest BCUT2D eigenvalue weighted by atomic mass is 32.2. The lowest BCUT2D eigenvalue weighted by Gasteiger charge is -1.98. The Morgan fingerprint density at radius 3 is 1.63 bits per heavy atom. The summed E-state index contributed by atoms with van der Waals surface area (Å²) in [5.74, 6) is 0. The Labute approximate surface area is 110 Å². The molecule has 2 aromatic rings. The van der Waals surface area contributed by atoms with Crippen LogP contribution in [0.25, 0.3) is 0 Å². The summed E-state index contributed by atoms with van der Waals surface area (Å²) in [6.07, 6.45) is 9.17. The first-order chi connectivity index (χ1) is 9.00. The molecule has 0 aliphatic rings. The molecule has 0 atom stereocenters. The molecule has 100 valence electrons. The van der Waals surface area contributed by atoms with Crippen LogP contribution in [-0.4, -0.2) is 33.6 Å². The second-order valence-corrected chi connectivity index (χ2v) is 4.99. The second kappa shape index (κ2) is 6.45. The maximum absolute atomic E-state index is 11.4. The third kappa shape index (κ3) is 4.36. The van der Waals surface area contributed by atoms with Crippen LogP contribution >= 0.6 is 0 Å². The van der Waals surface area contributed by atoms with Crippen LogP contribution in [0.5, 0.6) is 0 Å². The first-order valence-corrected chi connectivity index (χ1v) is 6.61. The SMILES string of the molecule is C=CS(=O)(=O)C=C.O=C(n1ccnc1)n1ccnc1. The predicted molar refractivity (Wildman–Crippen MR) is 70.0 cm³/mol. The zero-order valence-electron chi connectivity index (χ0n) is 9.95. The van der Waals surface area contributed by atoms with E-state index in [1.165, 1.54) is 21.8 Å². The Morgan fingerprint density at radius 1 is 1.00 bits per heavy atom. The lowest BCUT2D eigenvalue weighted by Crippen LogP contribution is -2.15. The van der Waals surface area contributed by atoms with Crippen molar-refractivity contribution in [3.05, 3.63) is 61.4 Å². The molecule has 0 spiro atoms. The van der Waals surface area contributed by atoms with Gasteiger partial charge in [0, 0.05) is 35.6 Å². The van der Waals surface area contributed by atoms with Crippen LogP contribution in [0, 0.1) is 0 Å². The third-order valence-electron chi connectivity index (χ3n) is 1.92. The molecular weight excluding hydrogens is 268 g/mol. The van der Waals surface area contributed by atoms with Gasteiger partial charge in [-0.25, -0.2) is 23.2 Å². The largest absolute Gasteiger partial charge is 0.338 e. The van der Waals surface area contributed by atoms with Crippen molar-refractivity contribution in [3.8, 4) is 0 Å². The lowest BCUT2D eigenvalue weighted by atomic mass is 10.8. The molecular formula is C11H12N4O3S. The molecule has 8 heteroatoms. The molecule has 2 heterocycles. The molecule has 0 radical (unpaired) electrons. The van der Waals surface area contributed by atoms with E-state index in [9.17, 15) is 13.2 Å². The van der Waals surface area contributed by atoms with Gasteiger partial charge >= 0.3 is 6.03 Å². The summed E-state index contributed by atoms with van der Waals surface area (Å²) in [6, 6.07) is -0.190. The molecule has 0 aliphatic carbocycles. The van der Waals surface area contributed by atoms with Crippen LogP contribution in [0.3, 0.4) is 0 Å². The molecule has 2 aromatic heterocycles.